The van der Waals surface area contributed by atoms with Crippen LogP contribution in [0.4, 0.5) is 13.2 Å². The van der Waals surface area contributed by atoms with Crippen molar-refractivity contribution in [3.05, 3.63) is 29.8 Å². The fourth-order valence-electron chi connectivity index (χ4n) is 3.48. The highest BCUT2D eigenvalue weighted by Gasteiger charge is 2.57. The van der Waals surface area contributed by atoms with Gasteiger partial charge in [0.1, 0.15) is 12.4 Å². The quantitative estimate of drug-likeness (QED) is 0.774. The maximum absolute atomic E-state index is 12.8. The Labute approximate surface area is 150 Å². The Morgan fingerprint density at radius 1 is 1.28 bits per heavy atom. The largest absolute Gasteiger partial charge is 0.491 e. The number of benzene rings is 1. The molecule has 0 aromatic heterocycles. The number of hydrogen-bond acceptors (Lipinski definition) is 3. The summed E-state index contributed by atoms with van der Waals surface area (Å²) in [6, 6.07) is 5.09. The topological polar surface area (TPSA) is 50.4 Å². The second-order valence-electron chi connectivity index (χ2n) is 6.50. The van der Waals surface area contributed by atoms with Crippen LogP contribution < -0.4 is 15.4 Å². The van der Waals surface area contributed by atoms with Crippen LogP contribution in [0.15, 0.2) is 24.3 Å². The number of halogens is 4. The van der Waals surface area contributed by atoms with Gasteiger partial charge >= 0.3 is 6.18 Å². The van der Waals surface area contributed by atoms with Crippen molar-refractivity contribution < 1.29 is 22.7 Å². The molecule has 1 unspecified atom stereocenters. The lowest BCUT2D eigenvalue weighted by Gasteiger charge is -2.23. The zero-order chi connectivity index (χ0) is 17.2. The number of amides is 1. The first-order valence-corrected chi connectivity index (χ1v) is 8.20. The first-order valence-electron chi connectivity index (χ1n) is 8.20. The van der Waals surface area contributed by atoms with Crippen molar-refractivity contribution in [3.63, 3.8) is 0 Å². The smallest absolute Gasteiger partial charge is 0.419 e. The molecule has 1 atom stereocenters. The summed E-state index contributed by atoms with van der Waals surface area (Å²) in [4.78, 5) is 12.1. The number of alkyl halides is 3. The van der Waals surface area contributed by atoms with Crippen LogP contribution in [0, 0.1) is 11.3 Å². The molecule has 4 nitrogen and oxygen atoms in total. The average Bonchev–Trinajstić information content (AvgIpc) is 3.24. The Balaban J connectivity index is 0.00000225. The second kappa shape index (κ2) is 7.83. The molecule has 1 heterocycles. The summed E-state index contributed by atoms with van der Waals surface area (Å²) in [6.45, 7) is 2.11. The molecule has 3 rings (SSSR count). The Kier molecular flexibility index (Phi) is 6.21. The normalized spacial score (nSPS) is 21.3. The van der Waals surface area contributed by atoms with Crippen molar-refractivity contribution >= 4 is 18.3 Å². The van der Waals surface area contributed by atoms with Crippen LogP contribution in [0.3, 0.4) is 0 Å². The van der Waals surface area contributed by atoms with Gasteiger partial charge < -0.3 is 15.4 Å². The molecule has 0 bridgehead atoms. The Hall–Kier alpha value is -1.47. The number of ether oxygens (including phenoxy) is 1. The molecule has 1 saturated carbocycles. The SMILES string of the molecule is Cl.O=C(NCCOc1ccccc1C(F)(F)F)C1CC12CCNCC2. The van der Waals surface area contributed by atoms with Gasteiger partial charge in [0.15, 0.2) is 0 Å². The van der Waals surface area contributed by atoms with Crippen molar-refractivity contribution in [2.24, 2.45) is 11.3 Å². The molecule has 1 aliphatic carbocycles. The van der Waals surface area contributed by atoms with Crippen molar-refractivity contribution in [2.45, 2.75) is 25.4 Å². The lowest BCUT2D eigenvalue weighted by atomic mass is 9.92. The first kappa shape index (κ1) is 19.8. The molecule has 1 spiro atoms. The van der Waals surface area contributed by atoms with Gasteiger partial charge in [-0.2, -0.15) is 13.2 Å². The molecule has 0 radical (unpaired) electrons. The van der Waals surface area contributed by atoms with E-state index < -0.39 is 11.7 Å². The number of rotatable bonds is 5. The number of nitrogens with one attached hydrogen (secondary N) is 2. The maximum atomic E-state index is 12.8. The third-order valence-electron chi connectivity index (χ3n) is 4.96. The fourth-order valence-corrected chi connectivity index (χ4v) is 3.48. The van der Waals surface area contributed by atoms with Crippen molar-refractivity contribution in [2.75, 3.05) is 26.2 Å². The van der Waals surface area contributed by atoms with Crippen LogP contribution in [0.25, 0.3) is 0 Å². The van der Waals surface area contributed by atoms with Crippen molar-refractivity contribution in [3.8, 4) is 5.75 Å². The second-order valence-corrected chi connectivity index (χ2v) is 6.50. The molecule has 1 aromatic carbocycles. The molecule has 1 aliphatic heterocycles. The van der Waals surface area contributed by atoms with Gasteiger partial charge in [0, 0.05) is 5.92 Å². The van der Waals surface area contributed by atoms with E-state index >= 15 is 0 Å². The van der Waals surface area contributed by atoms with E-state index in [-0.39, 0.29) is 48.5 Å². The number of hydrogen-bond donors (Lipinski definition) is 2. The molecule has 2 fully saturated rings. The molecular weight excluding hydrogens is 357 g/mol. The molecular formula is C17H22ClF3N2O2. The molecule has 25 heavy (non-hydrogen) atoms. The lowest BCUT2D eigenvalue weighted by molar-refractivity contribution is -0.139. The molecule has 2 aliphatic rings. The van der Waals surface area contributed by atoms with Gasteiger partial charge in [0.2, 0.25) is 5.91 Å². The zero-order valence-corrected chi connectivity index (χ0v) is 14.5. The van der Waals surface area contributed by atoms with Crippen LogP contribution in [-0.2, 0) is 11.0 Å². The third kappa shape index (κ3) is 4.58. The van der Waals surface area contributed by atoms with E-state index in [1.54, 1.807) is 0 Å². The third-order valence-corrected chi connectivity index (χ3v) is 4.96. The van der Waals surface area contributed by atoms with E-state index in [0.29, 0.717) is 0 Å². The van der Waals surface area contributed by atoms with E-state index in [9.17, 15) is 18.0 Å². The predicted molar refractivity (Wildman–Crippen MR) is 89.8 cm³/mol. The van der Waals surface area contributed by atoms with Gasteiger partial charge in [-0.05, 0) is 49.9 Å². The summed E-state index contributed by atoms with van der Waals surface area (Å²) in [5, 5.41) is 6.06. The first-order chi connectivity index (χ1) is 11.4. The van der Waals surface area contributed by atoms with E-state index in [1.165, 1.54) is 18.2 Å². The summed E-state index contributed by atoms with van der Waals surface area (Å²) in [5.41, 5.74) is -0.647. The van der Waals surface area contributed by atoms with Crippen LogP contribution in [-0.4, -0.2) is 32.1 Å². The van der Waals surface area contributed by atoms with E-state index in [0.717, 1.165) is 38.4 Å². The summed E-state index contributed by atoms with van der Waals surface area (Å²) in [5.74, 6) is -0.174. The number of carbonyl (C=O) groups is 1. The minimum atomic E-state index is -4.45. The fraction of sp³-hybridized carbons (Fsp3) is 0.588. The van der Waals surface area contributed by atoms with E-state index in [1.807, 2.05) is 0 Å². The van der Waals surface area contributed by atoms with E-state index in [2.05, 4.69) is 10.6 Å². The monoisotopic (exact) mass is 378 g/mol. The van der Waals surface area contributed by atoms with E-state index in [4.69, 9.17) is 4.74 Å². The van der Waals surface area contributed by atoms with Gasteiger partial charge in [-0.15, -0.1) is 12.4 Å². The Morgan fingerprint density at radius 3 is 2.64 bits per heavy atom. The summed E-state index contributed by atoms with van der Waals surface area (Å²) in [6.07, 6.45) is -1.51. The lowest BCUT2D eigenvalue weighted by Crippen LogP contribution is -2.35. The van der Waals surface area contributed by atoms with Crippen LogP contribution >= 0.6 is 12.4 Å². The highest BCUT2D eigenvalue weighted by molar-refractivity contribution is 5.85. The van der Waals surface area contributed by atoms with Crippen molar-refractivity contribution in [1.82, 2.24) is 10.6 Å². The Morgan fingerprint density at radius 2 is 1.96 bits per heavy atom. The van der Waals surface area contributed by atoms with Crippen LogP contribution in [0.2, 0.25) is 0 Å². The molecule has 140 valence electrons. The van der Waals surface area contributed by atoms with Crippen LogP contribution in [0.1, 0.15) is 24.8 Å². The maximum Gasteiger partial charge on any atom is 0.419 e. The summed E-state index contributed by atoms with van der Waals surface area (Å²) in [7, 11) is 0. The molecule has 2 N–H and O–H groups in total. The number of carbonyl (C=O) groups excluding carboxylic acids is 1. The number of para-hydroxylation sites is 1. The zero-order valence-electron chi connectivity index (χ0n) is 13.7. The van der Waals surface area contributed by atoms with Gasteiger partial charge in [0.25, 0.3) is 0 Å². The van der Waals surface area contributed by atoms with Gasteiger partial charge in [-0.3, -0.25) is 4.79 Å². The highest BCUT2D eigenvalue weighted by Crippen LogP contribution is 2.58. The molecule has 8 heteroatoms. The Bertz CT molecular complexity index is 604. The predicted octanol–water partition coefficient (Wildman–Crippen LogP) is 3.01. The van der Waals surface area contributed by atoms with Gasteiger partial charge in [-0.1, -0.05) is 12.1 Å². The summed E-state index contributed by atoms with van der Waals surface area (Å²) < 4.78 is 43.7. The minimum absolute atomic E-state index is 0. The van der Waals surface area contributed by atoms with Crippen molar-refractivity contribution in [1.29, 1.82) is 0 Å². The number of piperidine rings is 1. The summed E-state index contributed by atoms with van der Waals surface area (Å²) >= 11 is 0. The highest BCUT2D eigenvalue weighted by atomic mass is 35.5. The average molecular weight is 379 g/mol. The minimum Gasteiger partial charge on any atom is -0.491 e. The molecule has 1 aromatic rings. The molecule has 1 saturated heterocycles. The van der Waals surface area contributed by atoms with Gasteiger partial charge in [-0.25, -0.2) is 0 Å². The van der Waals surface area contributed by atoms with Gasteiger partial charge in [0.05, 0.1) is 12.1 Å². The molecule has 1 amide bonds. The standard InChI is InChI=1S/C17H21F3N2O2.ClH/c18-17(19,20)12-3-1-2-4-14(12)24-10-9-22-15(23)13-11-16(13)5-7-21-8-6-16;/h1-4,13,21H,5-11H2,(H,22,23);1H. The van der Waals surface area contributed by atoms with Crippen LogP contribution in [0.5, 0.6) is 5.75 Å².